The van der Waals surface area contributed by atoms with Gasteiger partial charge < -0.3 is 14.9 Å². The summed E-state index contributed by atoms with van der Waals surface area (Å²) in [7, 11) is -4.68. The Hall–Kier alpha value is -1.24. The van der Waals surface area contributed by atoms with E-state index in [2.05, 4.69) is 0 Å². The summed E-state index contributed by atoms with van der Waals surface area (Å²) in [6, 6.07) is 8.95. The molecule has 0 aliphatic carbocycles. The standard InChI is InChI=1S/C12H16NO6P/c1-12(20(16,17)18)7-10(14)13(11(12)15)19-8-9-5-3-2-4-6-9/h2-6,10,14H,7-8H2,1H3,(H2,16,17,18). The Morgan fingerprint density at radius 3 is 2.50 bits per heavy atom. The number of hydrogen-bond acceptors (Lipinski definition) is 4. The van der Waals surface area contributed by atoms with Crippen LogP contribution in [0.2, 0.25) is 0 Å². The Balaban J connectivity index is 2.10. The van der Waals surface area contributed by atoms with Crippen molar-refractivity contribution in [1.82, 2.24) is 5.06 Å². The smallest absolute Gasteiger partial charge is 0.341 e. The second kappa shape index (κ2) is 5.27. The minimum absolute atomic E-state index is 0.0286. The molecule has 1 aliphatic heterocycles. The molecule has 2 unspecified atom stereocenters. The van der Waals surface area contributed by atoms with Crippen LogP contribution in [-0.2, 0) is 20.8 Å². The number of benzene rings is 1. The van der Waals surface area contributed by atoms with E-state index >= 15 is 0 Å². The number of carbonyl (C=O) groups is 1. The number of hydrogen-bond donors (Lipinski definition) is 3. The second-order valence-corrected chi connectivity index (χ2v) is 6.97. The van der Waals surface area contributed by atoms with Gasteiger partial charge in [-0.1, -0.05) is 30.3 Å². The molecule has 0 saturated carbocycles. The van der Waals surface area contributed by atoms with Gasteiger partial charge in [0.2, 0.25) is 0 Å². The van der Waals surface area contributed by atoms with Crippen LogP contribution in [0.3, 0.4) is 0 Å². The summed E-state index contributed by atoms with van der Waals surface area (Å²) >= 11 is 0. The van der Waals surface area contributed by atoms with Gasteiger partial charge in [-0.2, -0.15) is 5.06 Å². The lowest BCUT2D eigenvalue weighted by atomic mass is 10.1. The quantitative estimate of drug-likeness (QED) is 0.703. The Morgan fingerprint density at radius 2 is 2.00 bits per heavy atom. The predicted molar refractivity (Wildman–Crippen MR) is 69.1 cm³/mol. The van der Waals surface area contributed by atoms with Crippen molar-refractivity contribution in [2.24, 2.45) is 0 Å². The summed E-state index contributed by atoms with van der Waals surface area (Å²) in [6.45, 7) is 1.16. The van der Waals surface area contributed by atoms with Crippen molar-refractivity contribution < 1.29 is 29.1 Å². The van der Waals surface area contributed by atoms with Gasteiger partial charge >= 0.3 is 7.60 Å². The third kappa shape index (κ3) is 2.63. The van der Waals surface area contributed by atoms with Crippen molar-refractivity contribution in [3.63, 3.8) is 0 Å². The first-order valence-electron chi connectivity index (χ1n) is 6.00. The number of nitrogens with zero attached hydrogens (tertiary/aromatic N) is 1. The van der Waals surface area contributed by atoms with Gasteiger partial charge in [-0.3, -0.25) is 14.2 Å². The number of rotatable bonds is 4. The Kier molecular flexibility index (Phi) is 4.00. The number of hydroxylamine groups is 2. The molecule has 2 atom stereocenters. The van der Waals surface area contributed by atoms with Crippen LogP contribution < -0.4 is 0 Å². The first-order valence-corrected chi connectivity index (χ1v) is 7.61. The van der Waals surface area contributed by atoms with E-state index in [0.29, 0.717) is 5.06 Å². The molecule has 1 fully saturated rings. The maximum absolute atomic E-state index is 12.1. The van der Waals surface area contributed by atoms with Crippen molar-refractivity contribution >= 4 is 13.5 Å². The van der Waals surface area contributed by atoms with Gasteiger partial charge in [-0.25, -0.2) is 0 Å². The average Bonchev–Trinajstić information content (AvgIpc) is 2.60. The van der Waals surface area contributed by atoms with Crippen LogP contribution in [0.25, 0.3) is 0 Å². The van der Waals surface area contributed by atoms with Crippen molar-refractivity contribution in [1.29, 1.82) is 0 Å². The van der Waals surface area contributed by atoms with Gasteiger partial charge in [-0.15, -0.1) is 0 Å². The summed E-state index contributed by atoms with van der Waals surface area (Å²) in [6.07, 6.45) is -1.74. The molecule has 1 heterocycles. The SMILES string of the molecule is CC1(P(=O)(O)O)CC(O)N(OCc2ccccc2)C1=O. The van der Waals surface area contributed by atoms with E-state index in [0.717, 1.165) is 12.5 Å². The highest BCUT2D eigenvalue weighted by Crippen LogP contribution is 2.56. The zero-order valence-electron chi connectivity index (χ0n) is 10.8. The molecule has 3 N–H and O–H groups in total. The maximum Gasteiger partial charge on any atom is 0.341 e. The lowest BCUT2D eigenvalue weighted by Crippen LogP contribution is -2.38. The fraction of sp³-hybridized carbons (Fsp3) is 0.417. The molecule has 110 valence electrons. The second-order valence-electron chi connectivity index (χ2n) is 4.89. The molecule has 0 radical (unpaired) electrons. The largest absolute Gasteiger partial charge is 0.371 e. The highest BCUT2D eigenvalue weighted by Gasteiger charge is 2.59. The molecule has 1 aromatic carbocycles. The van der Waals surface area contributed by atoms with Gasteiger partial charge in [0, 0.05) is 6.42 Å². The molecule has 7 nitrogen and oxygen atoms in total. The topological polar surface area (TPSA) is 107 Å². The van der Waals surface area contributed by atoms with Crippen molar-refractivity contribution in [2.75, 3.05) is 0 Å². The molecule has 1 aliphatic rings. The molecule has 2 rings (SSSR count). The lowest BCUT2D eigenvalue weighted by molar-refractivity contribution is -0.225. The van der Waals surface area contributed by atoms with Gasteiger partial charge in [0.05, 0.1) is 0 Å². The minimum atomic E-state index is -4.68. The van der Waals surface area contributed by atoms with E-state index < -0.39 is 24.9 Å². The van der Waals surface area contributed by atoms with Gasteiger partial charge in [0.1, 0.15) is 6.61 Å². The summed E-state index contributed by atoms with van der Waals surface area (Å²) in [5.41, 5.74) is 0.775. The summed E-state index contributed by atoms with van der Waals surface area (Å²) in [4.78, 5) is 35.8. The Bertz CT molecular complexity index is 544. The van der Waals surface area contributed by atoms with Crippen LogP contribution in [0.1, 0.15) is 18.9 Å². The maximum atomic E-state index is 12.1. The molecule has 1 aromatic rings. The van der Waals surface area contributed by atoms with Crippen molar-refractivity contribution in [2.45, 2.75) is 31.3 Å². The highest BCUT2D eigenvalue weighted by molar-refractivity contribution is 7.54. The number of amides is 1. The molecular weight excluding hydrogens is 285 g/mol. The van der Waals surface area contributed by atoms with Gasteiger partial charge in [0.25, 0.3) is 5.91 Å². The fourth-order valence-corrected chi connectivity index (χ4v) is 2.75. The molecule has 0 spiro atoms. The predicted octanol–water partition coefficient (Wildman–Crippen LogP) is 0.605. The Morgan fingerprint density at radius 1 is 1.40 bits per heavy atom. The third-order valence-corrected chi connectivity index (χ3v) is 5.03. The van der Waals surface area contributed by atoms with Crippen molar-refractivity contribution in [3.05, 3.63) is 35.9 Å². The molecule has 1 amide bonds. The van der Waals surface area contributed by atoms with Crippen LogP contribution in [0.15, 0.2) is 30.3 Å². The molecular formula is C12H16NO6P. The average molecular weight is 301 g/mol. The number of carbonyl (C=O) groups excluding carboxylic acids is 1. The van der Waals surface area contributed by atoms with Crippen LogP contribution in [0.4, 0.5) is 0 Å². The van der Waals surface area contributed by atoms with Crippen molar-refractivity contribution in [3.8, 4) is 0 Å². The molecule has 0 aromatic heterocycles. The number of aliphatic hydroxyl groups excluding tert-OH is 1. The van der Waals surface area contributed by atoms with E-state index in [4.69, 9.17) is 4.84 Å². The van der Waals surface area contributed by atoms with E-state index in [1.807, 2.05) is 6.07 Å². The van der Waals surface area contributed by atoms with Crippen LogP contribution in [0, 0.1) is 0 Å². The molecule has 20 heavy (non-hydrogen) atoms. The summed E-state index contributed by atoms with van der Waals surface area (Å²) in [5.74, 6) is -0.908. The summed E-state index contributed by atoms with van der Waals surface area (Å²) < 4.78 is 11.4. The number of aliphatic hydroxyl groups is 1. The Labute approximate surface area is 115 Å². The molecule has 8 heteroatoms. The fourth-order valence-electron chi connectivity index (χ4n) is 2.00. The van der Waals surface area contributed by atoms with Crippen LogP contribution in [0.5, 0.6) is 0 Å². The zero-order chi connectivity index (χ0) is 15.0. The monoisotopic (exact) mass is 301 g/mol. The van der Waals surface area contributed by atoms with Gasteiger partial charge in [0.15, 0.2) is 11.4 Å². The normalized spacial score (nSPS) is 27.1. The van der Waals surface area contributed by atoms with Crippen LogP contribution in [-0.4, -0.2) is 37.2 Å². The highest BCUT2D eigenvalue weighted by atomic mass is 31.2. The third-order valence-electron chi connectivity index (χ3n) is 3.37. The summed E-state index contributed by atoms with van der Waals surface area (Å²) in [5, 5.41) is 8.48. The molecule has 0 bridgehead atoms. The van der Waals surface area contributed by atoms with E-state index in [1.165, 1.54) is 0 Å². The van der Waals surface area contributed by atoms with Gasteiger partial charge in [-0.05, 0) is 12.5 Å². The first kappa shape index (κ1) is 15.2. The zero-order valence-corrected chi connectivity index (χ0v) is 11.7. The minimum Gasteiger partial charge on any atom is -0.371 e. The lowest BCUT2D eigenvalue weighted by Gasteiger charge is -2.23. The van der Waals surface area contributed by atoms with E-state index in [1.54, 1.807) is 24.3 Å². The van der Waals surface area contributed by atoms with E-state index in [-0.39, 0.29) is 13.0 Å². The molecule has 1 saturated heterocycles. The van der Waals surface area contributed by atoms with Crippen LogP contribution >= 0.6 is 7.60 Å². The first-order chi connectivity index (χ1) is 9.25. The van der Waals surface area contributed by atoms with E-state index in [9.17, 15) is 24.3 Å².